The molecule has 0 saturated carbocycles. The Bertz CT molecular complexity index is 658. The van der Waals surface area contributed by atoms with Crippen LogP contribution in [0.1, 0.15) is 25.3 Å². The van der Waals surface area contributed by atoms with Crippen LogP contribution in [-0.2, 0) is 14.8 Å². The van der Waals surface area contributed by atoms with Crippen LogP contribution in [0.4, 0.5) is 5.69 Å². The summed E-state index contributed by atoms with van der Waals surface area (Å²) in [6, 6.07) is 5.28. The van der Waals surface area contributed by atoms with Crippen molar-refractivity contribution in [3.8, 4) is 5.75 Å². The van der Waals surface area contributed by atoms with Crippen molar-refractivity contribution in [2.75, 3.05) is 23.7 Å². The fraction of sp³-hybridized carbons (Fsp3) is 0.533. The van der Waals surface area contributed by atoms with Crippen molar-refractivity contribution in [3.63, 3.8) is 0 Å². The average molecular weight is 326 g/mol. The number of fused-ring (bicyclic) bond motifs is 1. The Morgan fingerprint density at radius 3 is 2.82 bits per heavy atom. The predicted octanol–water partition coefficient (Wildman–Crippen LogP) is 1.44. The van der Waals surface area contributed by atoms with Gasteiger partial charge in [-0.3, -0.25) is 9.10 Å². The summed E-state index contributed by atoms with van der Waals surface area (Å²) in [5, 5.41) is 2.78. The highest BCUT2D eigenvalue weighted by atomic mass is 32.2. The molecule has 0 aromatic heterocycles. The second-order valence-corrected chi connectivity index (χ2v) is 7.42. The van der Waals surface area contributed by atoms with Crippen LogP contribution in [0, 0.1) is 6.92 Å². The molecule has 7 heteroatoms. The molecule has 0 aliphatic carbocycles. The number of carbonyl (C=O) groups excluding carboxylic acids is 1. The van der Waals surface area contributed by atoms with Gasteiger partial charge in [-0.05, 0) is 31.0 Å². The molecule has 1 N–H and O–H groups in total. The second kappa shape index (κ2) is 6.56. The van der Waals surface area contributed by atoms with E-state index < -0.39 is 16.1 Å². The van der Waals surface area contributed by atoms with Crippen LogP contribution in [0.5, 0.6) is 5.75 Å². The number of benzene rings is 1. The molecule has 1 aliphatic heterocycles. The minimum Gasteiger partial charge on any atom is -0.476 e. The topological polar surface area (TPSA) is 75.7 Å². The SMILES string of the molecule is CCCCNC(=O)C1CN(S(C)(=O)=O)c2cc(C)ccc2O1. The highest BCUT2D eigenvalue weighted by Gasteiger charge is 2.34. The van der Waals surface area contributed by atoms with Gasteiger partial charge in [-0.2, -0.15) is 0 Å². The fourth-order valence-corrected chi connectivity index (χ4v) is 3.22. The third-order valence-corrected chi connectivity index (χ3v) is 4.65. The number of rotatable bonds is 5. The molecule has 6 nitrogen and oxygen atoms in total. The summed E-state index contributed by atoms with van der Waals surface area (Å²) in [5.41, 5.74) is 1.42. The van der Waals surface area contributed by atoms with Gasteiger partial charge in [0.15, 0.2) is 6.10 Å². The maximum absolute atomic E-state index is 12.2. The molecule has 1 aliphatic rings. The first-order valence-electron chi connectivity index (χ1n) is 7.35. The number of nitrogens with one attached hydrogen (secondary N) is 1. The van der Waals surface area contributed by atoms with Crippen molar-refractivity contribution in [3.05, 3.63) is 23.8 Å². The van der Waals surface area contributed by atoms with Gasteiger partial charge in [-0.25, -0.2) is 8.42 Å². The Morgan fingerprint density at radius 1 is 1.45 bits per heavy atom. The lowest BCUT2D eigenvalue weighted by Gasteiger charge is -2.34. The van der Waals surface area contributed by atoms with Gasteiger partial charge >= 0.3 is 0 Å². The zero-order valence-electron chi connectivity index (χ0n) is 13.1. The van der Waals surface area contributed by atoms with E-state index in [0.29, 0.717) is 18.0 Å². The lowest BCUT2D eigenvalue weighted by molar-refractivity contribution is -0.127. The van der Waals surface area contributed by atoms with E-state index >= 15 is 0 Å². The summed E-state index contributed by atoms with van der Waals surface area (Å²) in [4.78, 5) is 12.2. The monoisotopic (exact) mass is 326 g/mol. The summed E-state index contributed by atoms with van der Waals surface area (Å²) >= 11 is 0. The van der Waals surface area contributed by atoms with E-state index in [9.17, 15) is 13.2 Å². The highest BCUT2D eigenvalue weighted by Crippen LogP contribution is 2.35. The fourth-order valence-electron chi connectivity index (χ4n) is 2.31. The van der Waals surface area contributed by atoms with Gasteiger partial charge in [0.05, 0.1) is 18.5 Å². The van der Waals surface area contributed by atoms with E-state index in [-0.39, 0.29) is 12.5 Å². The largest absolute Gasteiger partial charge is 0.476 e. The molecule has 0 fully saturated rings. The number of carbonyl (C=O) groups is 1. The zero-order chi connectivity index (χ0) is 16.3. The number of unbranched alkanes of at least 4 members (excludes halogenated alkanes) is 1. The minimum atomic E-state index is -3.47. The van der Waals surface area contributed by atoms with E-state index in [4.69, 9.17) is 4.74 Å². The molecule has 0 bridgehead atoms. The summed E-state index contributed by atoms with van der Waals surface area (Å²) in [7, 11) is -3.47. The summed E-state index contributed by atoms with van der Waals surface area (Å²) in [5.74, 6) is 0.131. The highest BCUT2D eigenvalue weighted by molar-refractivity contribution is 7.92. The van der Waals surface area contributed by atoms with Crippen LogP contribution < -0.4 is 14.4 Å². The number of aryl methyl sites for hydroxylation is 1. The molecule has 1 aromatic rings. The maximum atomic E-state index is 12.2. The van der Waals surface area contributed by atoms with E-state index in [1.807, 2.05) is 19.9 Å². The summed E-state index contributed by atoms with van der Waals surface area (Å²) in [6.45, 7) is 4.47. The van der Waals surface area contributed by atoms with E-state index in [0.717, 1.165) is 24.7 Å². The van der Waals surface area contributed by atoms with Gasteiger partial charge in [-0.1, -0.05) is 19.4 Å². The van der Waals surface area contributed by atoms with Crippen LogP contribution in [0.3, 0.4) is 0 Å². The standard InChI is InChI=1S/C15H22N2O4S/c1-4-5-8-16-15(18)14-10-17(22(3,19)20)12-9-11(2)6-7-13(12)21-14/h6-7,9,14H,4-5,8,10H2,1-3H3,(H,16,18). The van der Waals surface area contributed by atoms with Gasteiger partial charge in [-0.15, -0.1) is 0 Å². The van der Waals surface area contributed by atoms with Gasteiger partial charge < -0.3 is 10.1 Å². The molecule has 1 aromatic carbocycles. The van der Waals surface area contributed by atoms with Crippen LogP contribution in [-0.4, -0.2) is 39.8 Å². The number of sulfonamides is 1. The smallest absolute Gasteiger partial charge is 0.263 e. The molecule has 22 heavy (non-hydrogen) atoms. The Hall–Kier alpha value is -1.76. The van der Waals surface area contributed by atoms with Gasteiger partial charge in [0.2, 0.25) is 10.0 Å². The Labute approximate surface area is 131 Å². The zero-order valence-corrected chi connectivity index (χ0v) is 13.9. The van der Waals surface area contributed by atoms with Crippen LogP contribution in [0.25, 0.3) is 0 Å². The molecule has 1 heterocycles. The minimum absolute atomic E-state index is 0.00670. The molecular weight excluding hydrogens is 304 g/mol. The third kappa shape index (κ3) is 3.71. The first-order valence-corrected chi connectivity index (χ1v) is 9.20. The lowest BCUT2D eigenvalue weighted by atomic mass is 10.1. The number of hydrogen-bond acceptors (Lipinski definition) is 4. The summed E-state index contributed by atoms with van der Waals surface area (Å²) < 4.78 is 31.0. The van der Waals surface area contributed by atoms with Crippen molar-refractivity contribution in [2.45, 2.75) is 32.8 Å². The molecule has 122 valence electrons. The van der Waals surface area contributed by atoms with Gasteiger partial charge in [0, 0.05) is 6.54 Å². The maximum Gasteiger partial charge on any atom is 0.263 e. The first kappa shape index (κ1) is 16.6. The van der Waals surface area contributed by atoms with E-state index in [2.05, 4.69) is 5.32 Å². The van der Waals surface area contributed by atoms with Crippen molar-refractivity contribution in [1.82, 2.24) is 5.32 Å². The van der Waals surface area contributed by atoms with Crippen LogP contribution >= 0.6 is 0 Å². The molecule has 2 rings (SSSR count). The Morgan fingerprint density at radius 2 is 2.18 bits per heavy atom. The van der Waals surface area contributed by atoms with Crippen molar-refractivity contribution in [2.24, 2.45) is 0 Å². The number of anilines is 1. The molecule has 0 saturated heterocycles. The molecule has 0 radical (unpaired) electrons. The Kier molecular flexibility index (Phi) is 4.95. The number of amides is 1. The van der Waals surface area contributed by atoms with Gasteiger partial charge in [0.25, 0.3) is 5.91 Å². The average Bonchev–Trinajstić information content (AvgIpc) is 2.45. The molecule has 1 atom stereocenters. The van der Waals surface area contributed by atoms with E-state index in [1.54, 1.807) is 12.1 Å². The lowest BCUT2D eigenvalue weighted by Crippen LogP contribution is -2.50. The molecular formula is C15H22N2O4S. The number of ether oxygens (including phenoxy) is 1. The number of nitrogens with zero attached hydrogens (tertiary/aromatic N) is 1. The molecule has 0 spiro atoms. The molecule has 1 amide bonds. The van der Waals surface area contributed by atoms with Crippen molar-refractivity contribution >= 4 is 21.6 Å². The molecule has 1 unspecified atom stereocenters. The predicted molar refractivity (Wildman–Crippen MR) is 85.7 cm³/mol. The van der Waals surface area contributed by atoms with Crippen molar-refractivity contribution < 1.29 is 17.9 Å². The van der Waals surface area contributed by atoms with Crippen LogP contribution in [0.2, 0.25) is 0 Å². The summed E-state index contributed by atoms with van der Waals surface area (Å²) in [6.07, 6.45) is 2.16. The normalized spacial score (nSPS) is 17.6. The number of hydrogen-bond donors (Lipinski definition) is 1. The first-order chi connectivity index (χ1) is 10.3. The Balaban J connectivity index is 2.25. The van der Waals surface area contributed by atoms with Crippen LogP contribution in [0.15, 0.2) is 18.2 Å². The quantitative estimate of drug-likeness (QED) is 0.831. The van der Waals surface area contributed by atoms with Gasteiger partial charge in [0.1, 0.15) is 5.75 Å². The van der Waals surface area contributed by atoms with Crippen molar-refractivity contribution in [1.29, 1.82) is 0 Å². The second-order valence-electron chi connectivity index (χ2n) is 5.52. The van der Waals surface area contributed by atoms with E-state index in [1.165, 1.54) is 4.31 Å². The third-order valence-electron chi connectivity index (χ3n) is 3.51.